The van der Waals surface area contributed by atoms with E-state index in [1.807, 2.05) is 31.2 Å². The Labute approximate surface area is 101 Å². The Bertz CT molecular complexity index is 441. The highest BCUT2D eigenvalue weighted by molar-refractivity contribution is 14.1. The molecule has 0 fully saturated rings. The van der Waals surface area contributed by atoms with Crippen molar-refractivity contribution in [3.8, 4) is 11.7 Å². The first-order valence-electron chi connectivity index (χ1n) is 4.61. The fraction of sp³-hybridized carbons (Fsp3) is 0.200. The average Bonchev–Trinajstić information content (AvgIpc) is 2.61. The first kappa shape index (κ1) is 10.4. The van der Waals surface area contributed by atoms with E-state index in [9.17, 15) is 0 Å². The summed E-state index contributed by atoms with van der Waals surface area (Å²) < 4.78 is 8.06. The second kappa shape index (κ2) is 4.61. The standard InChI is InChI=1S/C10H10IN3O/c1-2-15-10-7-8(11)14(13-10)9-5-3-4-6-12-9/h3-7H,2H2,1H3. The number of halogens is 1. The first-order valence-corrected chi connectivity index (χ1v) is 5.69. The summed E-state index contributed by atoms with van der Waals surface area (Å²) in [6.45, 7) is 2.56. The Morgan fingerprint density at radius 2 is 2.33 bits per heavy atom. The van der Waals surface area contributed by atoms with Gasteiger partial charge in [0.25, 0.3) is 0 Å². The summed E-state index contributed by atoms with van der Waals surface area (Å²) in [6, 6.07) is 7.60. The second-order valence-electron chi connectivity index (χ2n) is 2.84. The van der Waals surface area contributed by atoms with Crippen molar-refractivity contribution in [2.45, 2.75) is 6.92 Å². The predicted octanol–water partition coefficient (Wildman–Crippen LogP) is 2.27. The lowest BCUT2D eigenvalue weighted by Gasteiger charge is -2.00. The maximum atomic E-state index is 5.32. The molecule has 0 unspecified atom stereocenters. The van der Waals surface area contributed by atoms with Crippen LogP contribution in [0.1, 0.15) is 6.92 Å². The molecule has 0 atom stereocenters. The van der Waals surface area contributed by atoms with Gasteiger partial charge in [0, 0.05) is 12.3 Å². The Kier molecular flexibility index (Phi) is 3.20. The number of hydrogen-bond acceptors (Lipinski definition) is 3. The molecule has 5 heteroatoms. The summed E-state index contributed by atoms with van der Waals surface area (Å²) in [5.41, 5.74) is 0. The van der Waals surface area contributed by atoms with Crippen LogP contribution in [0.4, 0.5) is 0 Å². The molecule has 2 aromatic rings. The Morgan fingerprint density at radius 1 is 1.47 bits per heavy atom. The molecule has 2 heterocycles. The minimum atomic E-state index is 0.620. The van der Waals surface area contributed by atoms with Gasteiger partial charge in [-0.25, -0.2) is 9.67 Å². The highest BCUT2D eigenvalue weighted by atomic mass is 127. The molecule has 78 valence electrons. The molecule has 0 spiro atoms. The summed E-state index contributed by atoms with van der Waals surface area (Å²) in [6.07, 6.45) is 1.74. The van der Waals surface area contributed by atoms with Crippen LogP contribution >= 0.6 is 22.6 Å². The van der Waals surface area contributed by atoms with E-state index >= 15 is 0 Å². The van der Waals surface area contributed by atoms with E-state index in [4.69, 9.17) is 4.74 Å². The lowest BCUT2D eigenvalue weighted by Crippen LogP contribution is -2.01. The molecule has 15 heavy (non-hydrogen) atoms. The molecule has 0 aromatic carbocycles. The largest absolute Gasteiger partial charge is 0.477 e. The Hall–Kier alpha value is -1.11. The van der Waals surface area contributed by atoms with Gasteiger partial charge in [0.05, 0.1) is 6.61 Å². The number of aromatic nitrogens is 3. The normalized spacial score (nSPS) is 10.3. The summed E-state index contributed by atoms with van der Waals surface area (Å²) in [5.74, 6) is 1.43. The highest BCUT2D eigenvalue weighted by Gasteiger charge is 2.07. The van der Waals surface area contributed by atoms with Crippen LogP contribution in [0.2, 0.25) is 0 Å². The van der Waals surface area contributed by atoms with Gasteiger partial charge in [-0.15, -0.1) is 5.10 Å². The van der Waals surface area contributed by atoms with Crippen LogP contribution in [-0.4, -0.2) is 21.4 Å². The van der Waals surface area contributed by atoms with Crippen LogP contribution in [0.25, 0.3) is 5.82 Å². The van der Waals surface area contributed by atoms with Crippen LogP contribution in [0.5, 0.6) is 5.88 Å². The quantitative estimate of drug-likeness (QED) is 0.816. The lowest BCUT2D eigenvalue weighted by atomic mass is 10.5. The third-order valence-electron chi connectivity index (χ3n) is 1.80. The van der Waals surface area contributed by atoms with Gasteiger partial charge in [0.2, 0.25) is 5.88 Å². The van der Waals surface area contributed by atoms with Gasteiger partial charge in [-0.1, -0.05) is 6.07 Å². The maximum absolute atomic E-state index is 5.32. The number of nitrogens with zero attached hydrogens (tertiary/aromatic N) is 3. The third kappa shape index (κ3) is 2.28. The van der Waals surface area contributed by atoms with Crippen molar-refractivity contribution < 1.29 is 4.74 Å². The topological polar surface area (TPSA) is 39.9 Å². The monoisotopic (exact) mass is 315 g/mol. The molecule has 0 saturated heterocycles. The highest BCUT2D eigenvalue weighted by Crippen LogP contribution is 2.17. The number of pyridine rings is 1. The first-order chi connectivity index (χ1) is 7.31. The summed E-state index contributed by atoms with van der Waals surface area (Å²) in [4.78, 5) is 4.22. The predicted molar refractivity (Wildman–Crippen MR) is 65.2 cm³/mol. The Morgan fingerprint density at radius 3 is 3.00 bits per heavy atom. The van der Waals surface area contributed by atoms with Crippen molar-refractivity contribution in [3.05, 3.63) is 34.2 Å². The molecule has 2 rings (SSSR count). The van der Waals surface area contributed by atoms with Crippen LogP contribution in [-0.2, 0) is 0 Å². The molecule has 0 aliphatic heterocycles. The molecule has 0 saturated carbocycles. The van der Waals surface area contributed by atoms with Crippen molar-refractivity contribution in [1.29, 1.82) is 0 Å². The number of hydrogen-bond donors (Lipinski definition) is 0. The molecule has 0 N–H and O–H groups in total. The van der Waals surface area contributed by atoms with Crippen LogP contribution in [0.15, 0.2) is 30.5 Å². The van der Waals surface area contributed by atoms with E-state index < -0.39 is 0 Å². The van der Waals surface area contributed by atoms with Crippen LogP contribution in [0, 0.1) is 3.70 Å². The van der Waals surface area contributed by atoms with Crippen molar-refractivity contribution >= 4 is 22.6 Å². The molecule has 0 amide bonds. The van der Waals surface area contributed by atoms with E-state index in [2.05, 4.69) is 32.7 Å². The van der Waals surface area contributed by atoms with Crippen molar-refractivity contribution in [1.82, 2.24) is 14.8 Å². The summed E-state index contributed by atoms with van der Waals surface area (Å²) in [5, 5.41) is 4.29. The molecule has 2 aromatic heterocycles. The van der Waals surface area contributed by atoms with Crippen LogP contribution < -0.4 is 4.74 Å². The van der Waals surface area contributed by atoms with Gasteiger partial charge >= 0.3 is 0 Å². The van der Waals surface area contributed by atoms with Gasteiger partial charge < -0.3 is 4.74 Å². The molecule has 0 aliphatic rings. The fourth-order valence-corrected chi connectivity index (χ4v) is 1.82. The maximum Gasteiger partial charge on any atom is 0.234 e. The molecule has 4 nitrogen and oxygen atoms in total. The minimum absolute atomic E-state index is 0.620. The fourth-order valence-electron chi connectivity index (χ4n) is 1.20. The summed E-state index contributed by atoms with van der Waals surface area (Å²) in [7, 11) is 0. The van der Waals surface area contributed by atoms with Gasteiger partial charge in [-0.3, -0.25) is 0 Å². The molecular weight excluding hydrogens is 305 g/mol. The zero-order valence-corrected chi connectivity index (χ0v) is 10.4. The van der Waals surface area contributed by atoms with E-state index in [1.54, 1.807) is 10.9 Å². The van der Waals surface area contributed by atoms with E-state index in [1.165, 1.54) is 0 Å². The average molecular weight is 315 g/mol. The van der Waals surface area contributed by atoms with Gasteiger partial charge in [0.1, 0.15) is 3.70 Å². The van der Waals surface area contributed by atoms with Crippen molar-refractivity contribution in [2.24, 2.45) is 0 Å². The van der Waals surface area contributed by atoms with Gasteiger partial charge in [-0.2, -0.15) is 0 Å². The smallest absolute Gasteiger partial charge is 0.234 e. The van der Waals surface area contributed by atoms with Crippen molar-refractivity contribution in [2.75, 3.05) is 6.61 Å². The molecule has 0 radical (unpaired) electrons. The van der Waals surface area contributed by atoms with Crippen LogP contribution in [0.3, 0.4) is 0 Å². The van der Waals surface area contributed by atoms with Crippen molar-refractivity contribution in [3.63, 3.8) is 0 Å². The van der Waals surface area contributed by atoms with Gasteiger partial charge in [0.15, 0.2) is 5.82 Å². The molecule has 0 aliphatic carbocycles. The SMILES string of the molecule is CCOc1cc(I)n(-c2ccccn2)n1. The molecule has 0 bridgehead atoms. The zero-order chi connectivity index (χ0) is 10.7. The zero-order valence-electron chi connectivity index (χ0n) is 8.22. The molecular formula is C10H10IN3O. The second-order valence-corrected chi connectivity index (χ2v) is 3.94. The third-order valence-corrected chi connectivity index (χ3v) is 2.57. The van der Waals surface area contributed by atoms with E-state index in [-0.39, 0.29) is 0 Å². The van der Waals surface area contributed by atoms with E-state index in [0.717, 1.165) is 9.52 Å². The summed E-state index contributed by atoms with van der Waals surface area (Å²) >= 11 is 2.20. The minimum Gasteiger partial charge on any atom is -0.477 e. The number of ether oxygens (including phenoxy) is 1. The van der Waals surface area contributed by atoms with Gasteiger partial charge in [-0.05, 0) is 41.6 Å². The van der Waals surface area contributed by atoms with E-state index in [0.29, 0.717) is 12.5 Å². The Balaban J connectivity index is 2.36. The number of rotatable bonds is 3. The lowest BCUT2D eigenvalue weighted by molar-refractivity contribution is 0.324.